The van der Waals surface area contributed by atoms with Crippen LogP contribution in [0.5, 0.6) is 0 Å². The van der Waals surface area contributed by atoms with Crippen LogP contribution in [0, 0.1) is 0 Å². The molecule has 0 aliphatic carbocycles. The number of carbonyl (C=O) groups is 1. The van der Waals surface area contributed by atoms with Crippen molar-refractivity contribution in [1.82, 2.24) is 15.2 Å². The van der Waals surface area contributed by atoms with Gasteiger partial charge in [0.25, 0.3) is 0 Å². The van der Waals surface area contributed by atoms with Crippen LogP contribution in [0.4, 0.5) is 4.79 Å². The molecule has 0 bridgehead atoms. The Bertz CT molecular complexity index is 946. The van der Waals surface area contributed by atoms with E-state index in [2.05, 4.69) is 22.4 Å². The fraction of sp³-hybridized carbons (Fsp3) is 0.273. The summed E-state index contributed by atoms with van der Waals surface area (Å²) in [5.74, 6) is 0.704. The lowest BCUT2D eigenvalue weighted by Gasteiger charge is -2.43. The SMILES string of the molecule is O=C1O[C@H]2[C@H](CNC[C@@]2(c2ccccc2)c2cnco2)N1Cc1ccccc1. The van der Waals surface area contributed by atoms with Crippen LogP contribution < -0.4 is 5.32 Å². The maximum atomic E-state index is 12.9. The molecule has 0 spiro atoms. The minimum atomic E-state index is -0.623. The maximum Gasteiger partial charge on any atom is 0.410 e. The van der Waals surface area contributed by atoms with Crippen LogP contribution in [0.15, 0.2) is 77.7 Å². The highest BCUT2D eigenvalue weighted by atomic mass is 16.6. The maximum absolute atomic E-state index is 12.9. The zero-order chi connectivity index (χ0) is 19.0. The molecule has 1 N–H and O–H groups in total. The molecule has 1 amide bonds. The first kappa shape index (κ1) is 17.0. The Labute approximate surface area is 163 Å². The molecule has 2 fully saturated rings. The molecule has 0 radical (unpaired) electrons. The van der Waals surface area contributed by atoms with Crippen LogP contribution >= 0.6 is 0 Å². The lowest BCUT2D eigenvalue weighted by atomic mass is 9.69. The van der Waals surface area contributed by atoms with Gasteiger partial charge in [-0.05, 0) is 11.1 Å². The van der Waals surface area contributed by atoms with Crippen molar-refractivity contribution in [3.05, 3.63) is 90.1 Å². The third kappa shape index (κ3) is 2.60. The van der Waals surface area contributed by atoms with Gasteiger partial charge in [0, 0.05) is 19.6 Å². The van der Waals surface area contributed by atoms with Gasteiger partial charge < -0.3 is 14.5 Å². The number of fused-ring (bicyclic) bond motifs is 1. The second-order valence-corrected chi connectivity index (χ2v) is 7.32. The van der Waals surface area contributed by atoms with E-state index in [0.29, 0.717) is 25.4 Å². The lowest BCUT2D eigenvalue weighted by molar-refractivity contribution is 0.0590. The van der Waals surface area contributed by atoms with Crippen molar-refractivity contribution in [2.75, 3.05) is 13.1 Å². The van der Waals surface area contributed by atoms with Crippen molar-refractivity contribution < 1.29 is 13.9 Å². The first-order chi connectivity index (χ1) is 13.8. The highest BCUT2D eigenvalue weighted by Gasteiger charge is 2.58. The fourth-order valence-electron chi connectivity index (χ4n) is 4.49. The van der Waals surface area contributed by atoms with Gasteiger partial charge in [-0.3, -0.25) is 4.90 Å². The number of ether oxygens (including phenoxy) is 1. The fourth-order valence-corrected chi connectivity index (χ4v) is 4.49. The number of benzene rings is 2. The largest absolute Gasteiger partial charge is 0.447 e. The lowest BCUT2D eigenvalue weighted by Crippen LogP contribution is -2.61. The minimum Gasteiger partial charge on any atom is -0.447 e. The molecule has 3 heterocycles. The van der Waals surface area contributed by atoms with Crippen LogP contribution in [0.1, 0.15) is 16.9 Å². The predicted molar refractivity (Wildman–Crippen MR) is 103 cm³/mol. The summed E-state index contributed by atoms with van der Waals surface area (Å²) < 4.78 is 11.8. The number of nitrogens with one attached hydrogen (secondary N) is 1. The van der Waals surface area contributed by atoms with Gasteiger partial charge in [-0.1, -0.05) is 60.7 Å². The highest BCUT2D eigenvalue weighted by Crippen LogP contribution is 2.44. The molecule has 3 atom stereocenters. The summed E-state index contributed by atoms with van der Waals surface area (Å²) in [7, 11) is 0. The predicted octanol–water partition coefficient (Wildman–Crippen LogP) is 2.95. The number of rotatable bonds is 4. The number of nitrogens with zero attached hydrogens (tertiary/aromatic N) is 2. The van der Waals surface area contributed by atoms with E-state index < -0.39 is 5.41 Å². The molecular weight excluding hydrogens is 354 g/mol. The number of oxazole rings is 1. The zero-order valence-corrected chi connectivity index (χ0v) is 15.3. The average molecular weight is 375 g/mol. The van der Waals surface area contributed by atoms with Crippen LogP contribution in [-0.4, -0.2) is 41.2 Å². The van der Waals surface area contributed by atoms with E-state index in [0.717, 1.165) is 11.1 Å². The molecule has 6 nitrogen and oxygen atoms in total. The Morgan fingerprint density at radius 2 is 1.86 bits per heavy atom. The summed E-state index contributed by atoms with van der Waals surface area (Å²) in [6, 6.07) is 20.0. The second-order valence-electron chi connectivity index (χ2n) is 7.32. The topological polar surface area (TPSA) is 67.6 Å². The number of hydrogen-bond donors (Lipinski definition) is 1. The van der Waals surface area contributed by atoms with Crippen LogP contribution in [0.3, 0.4) is 0 Å². The van der Waals surface area contributed by atoms with E-state index in [1.165, 1.54) is 6.39 Å². The van der Waals surface area contributed by atoms with E-state index in [1.807, 2.05) is 53.4 Å². The Hall–Kier alpha value is -3.12. The molecule has 2 aromatic carbocycles. The smallest absolute Gasteiger partial charge is 0.410 e. The van der Waals surface area contributed by atoms with Gasteiger partial charge >= 0.3 is 6.09 Å². The molecule has 0 unspecified atom stereocenters. The molecule has 6 heteroatoms. The van der Waals surface area contributed by atoms with Crippen molar-refractivity contribution >= 4 is 6.09 Å². The van der Waals surface area contributed by atoms with Crippen LogP contribution in [0.25, 0.3) is 0 Å². The summed E-state index contributed by atoms with van der Waals surface area (Å²) in [6.07, 6.45) is 2.51. The third-order valence-electron chi connectivity index (χ3n) is 5.81. The Kier molecular flexibility index (Phi) is 4.13. The van der Waals surface area contributed by atoms with Gasteiger partial charge in [0.15, 0.2) is 6.39 Å². The Balaban J connectivity index is 1.57. The number of piperidine rings is 1. The summed E-state index contributed by atoms with van der Waals surface area (Å²) in [4.78, 5) is 18.8. The first-order valence-electron chi connectivity index (χ1n) is 9.45. The molecule has 1 aromatic heterocycles. The van der Waals surface area contributed by atoms with Crippen LogP contribution in [0.2, 0.25) is 0 Å². The normalized spacial score (nSPS) is 26.7. The summed E-state index contributed by atoms with van der Waals surface area (Å²) in [5, 5.41) is 3.51. The van der Waals surface area contributed by atoms with E-state index >= 15 is 0 Å². The first-order valence-corrected chi connectivity index (χ1v) is 9.45. The van der Waals surface area contributed by atoms with Gasteiger partial charge in [0.2, 0.25) is 0 Å². The number of aromatic nitrogens is 1. The van der Waals surface area contributed by atoms with E-state index in [4.69, 9.17) is 9.15 Å². The van der Waals surface area contributed by atoms with Crippen molar-refractivity contribution in [2.24, 2.45) is 0 Å². The molecular formula is C22H21N3O3. The van der Waals surface area contributed by atoms with Crippen molar-refractivity contribution in [2.45, 2.75) is 24.1 Å². The van der Waals surface area contributed by atoms with Gasteiger partial charge in [0.05, 0.1) is 12.2 Å². The molecule has 2 aliphatic heterocycles. The van der Waals surface area contributed by atoms with Crippen molar-refractivity contribution in [1.29, 1.82) is 0 Å². The number of amides is 1. The van der Waals surface area contributed by atoms with E-state index in [9.17, 15) is 4.79 Å². The molecule has 5 rings (SSSR count). The van der Waals surface area contributed by atoms with Gasteiger partial charge in [0.1, 0.15) is 17.3 Å². The quantitative estimate of drug-likeness (QED) is 0.759. The standard InChI is InChI=1S/C22H21N3O3/c26-21-25(13-16-7-3-1-4-8-16)18-11-23-14-22(20(18)28-21,19-12-24-15-27-19)17-9-5-2-6-10-17/h1-10,12,15,18,20,23H,11,13-14H2/t18-,20-,22+/m0/s1. The zero-order valence-electron chi connectivity index (χ0n) is 15.3. The second kappa shape index (κ2) is 6.80. The van der Waals surface area contributed by atoms with Gasteiger partial charge in [-0.15, -0.1) is 0 Å². The molecule has 142 valence electrons. The van der Waals surface area contributed by atoms with Gasteiger partial charge in [-0.25, -0.2) is 9.78 Å². The Morgan fingerprint density at radius 1 is 1.11 bits per heavy atom. The van der Waals surface area contributed by atoms with E-state index in [1.54, 1.807) is 6.20 Å². The molecule has 2 saturated heterocycles. The molecule has 2 aliphatic rings. The van der Waals surface area contributed by atoms with Crippen LogP contribution in [-0.2, 0) is 16.7 Å². The highest BCUT2D eigenvalue weighted by molar-refractivity contribution is 5.72. The monoisotopic (exact) mass is 375 g/mol. The summed E-state index contributed by atoms with van der Waals surface area (Å²) in [6.45, 7) is 1.80. The van der Waals surface area contributed by atoms with Crippen molar-refractivity contribution in [3.8, 4) is 0 Å². The molecule has 0 saturated carbocycles. The minimum absolute atomic E-state index is 0.105. The molecule has 28 heavy (non-hydrogen) atoms. The van der Waals surface area contributed by atoms with Gasteiger partial charge in [-0.2, -0.15) is 0 Å². The molecule has 3 aromatic rings. The van der Waals surface area contributed by atoms with Crippen molar-refractivity contribution in [3.63, 3.8) is 0 Å². The average Bonchev–Trinajstić information content (AvgIpc) is 3.39. The number of hydrogen-bond acceptors (Lipinski definition) is 5. The summed E-state index contributed by atoms with van der Waals surface area (Å²) >= 11 is 0. The van der Waals surface area contributed by atoms with E-state index in [-0.39, 0.29) is 18.2 Å². The Morgan fingerprint density at radius 3 is 2.57 bits per heavy atom. The third-order valence-corrected chi connectivity index (χ3v) is 5.81. The number of carbonyl (C=O) groups excluding carboxylic acids is 1. The summed E-state index contributed by atoms with van der Waals surface area (Å²) in [5.41, 5.74) is 1.50.